The minimum atomic E-state index is -4.11. The first-order chi connectivity index (χ1) is 12.4. The summed E-state index contributed by atoms with van der Waals surface area (Å²) >= 11 is 0. The molecule has 1 atom stereocenters. The number of nitriles is 1. The summed E-state index contributed by atoms with van der Waals surface area (Å²) in [5.41, 5.74) is 0.859. The van der Waals surface area contributed by atoms with Crippen molar-refractivity contribution in [3.8, 4) is 6.07 Å². The second-order valence-electron chi connectivity index (χ2n) is 5.74. The van der Waals surface area contributed by atoms with Crippen LogP contribution in [0.1, 0.15) is 18.4 Å². The van der Waals surface area contributed by atoms with Crippen molar-refractivity contribution in [2.24, 2.45) is 0 Å². The van der Waals surface area contributed by atoms with Crippen LogP contribution in [-0.2, 0) is 19.6 Å². The molecule has 0 unspecified atom stereocenters. The van der Waals surface area contributed by atoms with E-state index in [9.17, 15) is 18.0 Å². The van der Waals surface area contributed by atoms with Crippen molar-refractivity contribution in [1.29, 1.82) is 5.26 Å². The summed E-state index contributed by atoms with van der Waals surface area (Å²) in [5.74, 6) is -1.19. The Morgan fingerprint density at radius 2 is 1.77 bits per heavy atom. The molecule has 26 heavy (non-hydrogen) atoms. The fourth-order valence-electron chi connectivity index (χ4n) is 2.76. The Labute approximate surface area is 150 Å². The Balaban J connectivity index is 1.85. The summed E-state index contributed by atoms with van der Waals surface area (Å²) in [6, 6.07) is 14.6. The third kappa shape index (κ3) is 3.30. The molecule has 0 spiro atoms. The third-order valence-electron chi connectivity index (χ3n) is 4.04. The Hall–Kier alpha value is -3.18. The molecule has 2 aromatic rings. The number of carbonyl (C=O) groups is 2. The van der Waals surface area contributed by atoms with Crippen molar-refractivity contribution in [3.63, 3.8) is 0 Å². The monoisotopic (exact) mass is 369 g/mol. The Kier molecular flexibility index (Phi) is 4.73. The van der Waals surface area contributed by atoms with E-state index < -0.39 is 27.9 Å². The third-order valence-corrected chi connectivity index (χ3v) is 5.89. The highest BCUT2D eigenvalue weighted by Gasteiger charge is 2.44. The van der Waals surface area contributed by atoms with Gasteiger partial charge < -0.3 is 5.32 Å². The molecule has 0 aliphatic carbocycles. The van der Waals surface area contributed by atoms with Crippen LogP contribution in [0, 0.1) is 11.3 Å². The average molecular weight is 369 g/mol. The summed E-state index contributed by atoms with van der Waals surface area (Å²) in [6.45, 7) is 0. The second-order valence-corrected chi connectivity index (χ2v) is 7.56. The van der Waals surface area contributed by atoms with E-state index in [-0.39, 0.29) is 17.7 Å². The Morgan fingerprint density at radius 1 is 1.12 bits per heavy atom. The fourth-order valence-corrected chi connectivity index (χ4v) is 4.38. The molecule has 2 amide bonds. The molecule has 1 fully saturated rings. The van der Waals surface area contributed by atoms with Crippen LogP contribution in [0.3, 0.4) is 0 Å². The molecule has 7 nitrogen and oxygen atoms in total. The van der Waals surface area contributed by atoms with Crippen molar-refractivity contribution in [3.05, 3.63) is 60.2 Å². The van der Waals surface area contributed by atoms with E-state index in [0.29, 0.717) is 15.6 Å². The predicted molar refractivity (Wildman–Crippen MR) is 93.3 cm³/mol. The predicted octanol–water partition coefficient (Wildman–Crippen LogP) is 1.88. The number of benzene rings is 2. The van der Waals surface area contributed by atoms with Gasteiger partial charge in [-0.2, -0.15) is 5.26 Å². The number of sulfonamides is 1. The molecule has 1 heterocycles. The van der Waals surface area contributed by atoms with Crippen molar-refractivity contribution in [1.82, 2.24) is 4.31 Å². The Morgan fingerprint density at radius 3 is 2.38 bits per heavy atom. The number of anilines is 1. The lowest BCUT2D eigenvalue weighted by molar-refractivity contribution is -0.128. The van der Waals surface area contributed by atoms with Crippen LogP contribution in [0.25, 0.3) is 0 Å². The Bertz CT molecular complexity index is 979. The first kappa shape index (κ1) is 17.6. The first-order valence-corrected chi connectivity index (χ1v) is 9.31. The number of amides is 2. The number of nitrogens with one attached hydrogen (secondary N) is 1. The minimum absolute atomic E-state index is 0.0163. The van der Waals surface area contributed by atoms with Gasteiger partial charge in [0.25, 0.3) is 10.0 Å². The molecular formula is C18H15N3O4S. The van der Waals surface area contributed by atoms with Gasteiger partial charge in [0.05, 0.1) is 16.5 Å². The zero-order valence-electron chi connectivity index (χ0n) is 13.6. The van der Waals surface area contributed by atoms with Crippen LogP contribution in [0.15, 0.2) is 59.5 Å². The molecule has 1 saturated heterocycles. The van der Waals surface area contributed by atoms with E-state index in [1.807, 2.05) is 6.07 Å². The molecule has 132 valence electrons. The standard InChI is InChI=1S/C18H15N3O4S/c19-12-13-6-8-14(9-7-13)20-18(23)16-10-11-17(22)21(16)26(24,25)15-4-2-1-3-5-15/h1-9,16H,10-11H2,(H,20,23)/t16-/m0/s1. The number of nitrogens with zero attached hydrogens (tertiary/aromatic N) is 2. The first-order valence-electron chi connectivity index (χ1n) is 7.87. The van der Waals surface area contributed by atoms with E-state index in [2.05, 4.69) is 5.32 Å². The summed E-state index contributed by atoms with van der Waals surface area (Å²) in [5, 5.41) is 11.4. The van der Waals surface area contributed by atoms with Crippen molar-refractivity contribution in [2.75, 3.05) is 5.32 Å². The fraction of sp³-hybridized carbons (Fsp3) is 0.167. The maximum absolute atomic E-state index is 12.8. The van der Waals surface area contributed by atoms with Crippen LogP contribution in [0.2, 0.25) is 0 Å². The van der Waals surface area contributed by atoms with Crippen LogP contribution in [0.5, 0.6) is 0 Å². The largest absolute Gasteiger partial charge is 0.324 e. The maximum Gasteiger partial charge on any atom is 0.267 e. The molecule has 3 rings (SSSR count). The zero-order valence-corrected chi connectivity index (χ0v) is 14.4. The molecule has 8 heteroatoms. The molecular weight excluding hydrogens is 354 g/mol. The van der Waals surface area contributed by atoms with Gasteiger partial charge in [0, 0.05) is 12.1 Å². The highest BCUT2D eigenvalue weighted by atomic mass is 32.2. The summed E-state index contributed by atoms with van der Waals surface area (Å²) in [7, 11) is -4.11. The topological polar surface area (TPSA) is 107 Å². The highest BCUT2D eigenvalue weighted by Crippen LogP contribution is 2.28. The minimum Gasteiger partial charge on any atom is -0.324 e. The van der Waals surface area contributed by atoms with E-state index in [1.54, 1.807) is 30.3 Å². The van der Waals surface area contributed by atoms with Gasteiger partial charge in [0.2, 0.25) is 11.8 Å². The molecule has 2 aromatic carbocycles. The maximum atomic E-state index is 12.8. The van der Waals surface area contributed by atoms with E-state index in [1.165, 1.54) is 24.3 Å². The SMILES string of the molecule is N#Cc1ccc(NC(=O)[C@@H]2CCC(=O)N2S(=O)(=O)c2ccccc2)cc1. The molecule has 1 aliphatic heterocycles. The molecule has 1 aliphatic rings. The van der Waals surface area contributed by atoms with Gasteiger partial charge in [-0.05, 0) is 42.8 Å². The van der Waals surface area contributed by atoms with E-state index in [0.717, 1.165) is 0 Å². The lowest BCUT2D eigenvalue weighted by atomic mass is 10.2. The number of rotatable bonds is 4. The summed E-state index contributed by atoms with van der Waals surface area (Å²) in [4.78, 5) is 24.7. The van der Waals surface area contributed by atoms with Gasteiger partial charge in [0.1, 0.15) is 6.04 Å². The number of hydrogen-bond acceptors (Lipinski definition) is 5. The van der Waals surface area contributed by atoms with Gasteiger partial charge >= 0.3 is 0 Å². The lowest BCUT2D eigenvalue weighted by Crippen LogP contribution is -2.45. The van der Waals surface area contributed by atoms with E-state index >= 15 is 0 Å². The molecule has 0 aromatic heterocycles. The molecule has 0 saturated carbocycles. The summed E-state index contributed by atoms with van der Waals surface area (Å²) in [6.07, 6.45) is 0.102. The number of carbonyl (C=O) groups excluding carboxylic acids is 2. The van der Waals surface area contributed by atoms with Crippen LogP contribution < -0.4 is 5.32 Å². The number of hydrogen-bond donors (Lipinski definition) is 1. The van der Waals surface area contributed by atoms with Gasteiger partial charge in [-0.15, -0.1) is 0 Å². The highest BCUT2D eigenvalue weighted by molar-refractivity contribution is 7.89. The quantitative estimate of drug-likeness (QED) is 0.885. The van der Waals surface area contributed by atoms with Gasteiger partial charge in [-0.1, -0.05) is 18.2 Å². The lowest BCUT2D eigenvalue weighted by Gasteiger charge is -2.23. The van der Waals surface area contributed by atoms with Crippen molar-refractivity contribution >= 4 is 27.5 Å². The van der Waals surface area contributed by atoms with Crippen molar-refractivity contribution < 1.29 is 18.0 Å². The van der Waals surface area contributed by atoms with Crippen LogP contribution in [-0.4, -0.2) is 30.6 Å². The summed E-state index contributed by atoms with van der Waals surface area (Å²) < 4.78 is 26.2. The van der Waals surface area contributed by atoms with Gasteiger partial charge in [-0.3, -0.25) is 9.59 Å². The van der Waals surface area contributed by atoms with Crippen LogP contribution >= 0.6 is 0 Å². The molecule has 1 N–H and O–H groups in total. The zero-order chi connectivity index (χ0) is 18.7. The van der Waals surface area contributed by atoms with Gasteiger partial charge in [0.15, 0.2) is 0 Å². The van der Waals surface area contributed by atoms with Crippen LogP contribution in [0.4, 0.5) is 5.69 Å². The molecule has 0 bridgehead atoms. The van der Waals surface area contributed by atoms with Crippen molar-refractivity contribution in [2.45, 2.75) is 23.8 Å². The normalized spacial score (nSPS) is 17.0. The van der Waals surface area contributed by atoms with E-state index in [4.69, 9.17) is 5.26 Å². The second kappa shape index (κ2) is 6.98. The average Bonchev–Trinajstić information content (AvgIpc) is 3.05. The van der Waals surface area contributed by atoms with Gasteiger partial charge in [-0.25, -0.2) is 12.7 Å². The smallest absolute Gasteiger partial charge is 0.267 e. The molecule has 0 radical (unpaired) electrons.